The lowest BCUT2D eigenvalue weighted by Crippen LogP contribution is -2.22. The molecule has 1 unspecified atom stereocenters. The fourth-order valence-corrected chi connectivity index (χ4v) is 0.935. The van der Waals surface area contributed by atoms with Gasteiger partial charge in [0.25, 0.3) is 0 Å². The highest BCUT2D eigenvalue weighted by Crippen LogP contribution is 2.28. The van der Waals surface area contributed by atoms with Crippen LogP contribution in [0.15, 0.2) is 12.4 Å². The van der Waals surface area contributed by atoms with Gasteiger partial charge in [-0.15, -0.1) is 0 Å². The number of aromatic nitrogens is 2. The molecule has 14 heavy (non-hydrogen) atoms. The summed E-state index contributed by atoms with van der Waals surface area (Å²) in [7, 11) is 0. The van der Waals surface area contributed by atoms with Crippen LogP contribution >= 0.6 is 12.2 Å². The van der Waals surface area contributed by atoms with Gasteiger partial charge < -0.3 is 5.73 Å². The van der Waals surface area contributed by atoms with E-state index in [1.165, 1.54) is 0 Å². The molecule has 7 heteroatoms. The van der Waals surface area contributed by atoms with Crippen molar-refractivity contribution in [1.82, 2.24) is 9.78 Å². The molecule has 0 aliphatic rings. The summed E-state index contributed by atoms with van der Waals surface area (Å²) in [4.78, 5) is 0.0989. The number of alkyl halides is 3. The highest BCUT2D eigenvalue weighted by Gasteiger charge is 2.32. The Balaban J connectivity index is 2.94. The average molecular weight is 223 g/mol. The zero-order valence-electron chi connectivity index (χ0n) is 7.25. The second-order valence-electron chi connectivity index (χ2n) is 2.79. The molecule has 0 aliphatic carbocycles. The van der Waals surface area contributed by atoms with Crippen LogP contribution in [0.2, 0.25) is 0 Å². The largest absolute Gasteiger partial charge is 0.419 e. The van der Waals surface area contributed by atoms with Crippen LogP contribution in [0, 0.1) is 0 Å². The van der Waals surface area contributed by atoms with Crippen LogP contribution in [0.3, 0.4) is 0 Å². The second-order valence-corrected chi connectivity index (χ2v) is 3.26. The third-order valence-electron chi connectivity index (χ3n) is 1.74. The second kappa shape index (κ2) is 3.56. The van der Waals surface area contributed by atoms with Crippen molar-refractivity contribution in [2.24, 2.45) is 5.73 Å². The molecule has 1 heterocycles. The van der Waals surface area contributed by atoms with Gasteiger partial charge in [0.05, 0.1) is 22.8 Å². The van der Waals surface area contributed by atoms with E-state index in [2.05, 4.69) is 17.3 Å². The number of nitrogens with zero attached hydrogens (tertiary/aromatic N) is 2. The molecular weight excluding hydrogens is 215 g/mol. The van der Waals surface area contributed by atoms with E-state index in [9.17, 15) is 13.2 Å². The van der Waals surface area contributed by atoms with Crippen LogP contribution in [0.4, 0.5) is 13.2 Å². The van der Waals surface area contributed by atoms with E-state index in [0.29, 0.717) is 0 Å². The number of thiocarbonyl (C=S) groups is 1. The minimum Gasteiger partial charge on any atom is -0.392 e. The smallest absolute Gasteiger partial charge is 0.392 e. The van der Waals surface area contributed by atoms with Crippen molar-refractivity contribution in [3.8, 4) is 0 Å². The molecule has 78 valence electrons. The van der Waals surface area contributed by atoms with E-state index < -0.39 is 17.8 Å². The molecule has 0 aromatic carbocycles. The van der Waals surface area contributed by atoms with E-state index in [1.54, 1.807) is 6.92 Å². The van der Waals surface area contributed by atoms with Crippen LogP contribution in [0.1, 0.15) is 18.5 Å². The Morgan fingerprint density at radius 3 is 2.57 bits per heavy atom. The van der Waals surface area contributed by atoms with Crippen LogP contribution in [0.5, 0.6) is 0 Å². The summed E-state index contributed by atoms with van der Waals surface area (Å²) in [6.45, 7) is 1.58. The molecular formula is C7H8F3N3S. The van der Waals surface area contributed by atoms with E-state index in [4.69, 9.17) is 5.73 Å². The first-order valence-corrected chi connectivity index (χ1v) is 4.14. The Labute approximate surface area is 83.7 Å². The van der Waals surface area contributed by atoms with Gasteiger partial charge in [0.2, 0.25) is 0 Å². The van der Waals surface area contributed by atoms with Crippen molar-refractivity contribution < 1.29 is 13.2 Å². The summed E-state index contributed by atoms with van der Waals surface area (Å²) in [5.74, 6) is 0. The van der Waals surface area contributed by atoms with Crippen molar-refractivity contribution in [3.63, 3.8) is 0 Å². The fraction of sp³-hybridized carbons (Fsp3) is 0.429. The minimum atomic E-state index is -4.38. The number of rotatable bonds is 2. The molecule has 0 radical (unpaired) electrons. The Morgan fingerprint density at radius 1 is 1.64 bits per heavy atom. The van der Waals surface area contributed by atoms with Crippen LogP contribution in [-0.2, 0) is 6.18 Å². The quantitative estimate of drug-likeness (QED) is 0.777. The molecule has 1 atom stereocenters. The molecule has 0 saturated carbocycles. The SMILES string of the molecule is CC(C(N)=S)n1cc(C(F)(F)F)cn1. The molecule has 3 nitrogen and oxygen atoms in total. The topological polar surface area (TPSA) is 43.8 Å². The third-order valence-corrected chi connectivity index (χ3v) is 2.08. The third kappa shape index (κ3) is 2.22. The summed E-state index contributed by atoms with van der Waals surface area (Å²) in [6.07, 6.45) is -2.76. The van der Waals surface area contributed by atoms with Crippen LogP contribution in [0.25, 0.3) is 0 Å². The Bertz CT molecular complexity index is 344. The molecule has 0 amide bonds. The standard InChI is InChI=1S/C7H8F3N3S/c1-4(6(11)14)13-3-5(2-12-13)7(8,9)10/h2-4H,1H3,(H2,11,14). The van der Waals surface area contributed by atoms with Gasteiger partial charge in [0, 0.05) is 6.20 Å². The monoisotopic (exact) mass is 223 g/mol. The van der Waals surface area contributed by atoms with Crippen molar-refractivity contribution in [2.45, 2.75) is 19.1 Å². The normalized spacial score (nSPS) is 14.0. The Kier molecular flexibility index (Phi) is 2.79. The predicted octanol–water partition coefficient (Wildman–Crippen LogP) is 1.75. The summed E-state index contributed by atoms with van der Waals surface area (Å²) in [5, 5.41) is 3.53. The van der Waals surface area contributed by atoms with Gasteiger partial charge in [0.15, 0.2) is 0 Å². The van der Waals surface area contributed by atoms with Crippen molar-refractivity contribution in [3.05, 3.63) is 18.0 Å². The fourth-order valence-electron chi connectivity index (χ4n) is 0.827. The van der Waals surface area contributed by atoms with Gasteiger partial charge >= 0.3 is 6.18 Å². The first-order chi connectivity index (χ1) is 6.32. The maximum absolute atomic E-state index is 12.1. The highest BCUT2D eigenvalue weighted by molar-refractivity contribution is 7.80. The van der Waals surface area contributed by atoms with E-state index in [0.717, 1.165) is 17.1 Å². The van der Waals surface area contributed by atoms with E-state index in [-0.39, 0.29) is 4.99 Å². The molecule has 0 aliphatic heterocycles. The van der Waals surface area contributed by atoms with Gasteiger partial charge in [-0.1, -0.05) is 12.2 Å². The maximum Gasteiger partial charge on any atom is 0.419 e. The zero-order chi connectivity index (χ0) is 10.9. The van der Waals surface area contributed by atoms with Gasteiger partial charge in [-0.25, -0.2) is 0 Å². The molecule has 0 spiro atoms. The van der Waals surface area contributed by atoms with Gasteiger partial charge in [0.1, 0.15) is 0 Å². The molecule has 2 N–H and O–H groups in total. The Hall–Kier alpha value is -1.11. The van der Waals surface area contributed by atoms with E-state index >= 15 is 0 Å². The van der Waals surface area contributed by atoms with Crippen LogP contribution < -0.4 is 5.73 Å². The molecule has 1 aromatic heterocycles. The van der Waals surface area contributed by atoms with Crippen LogP contribution in [-0.4, -0.2) is 14.8 Å². The lowest BCUT2D eigenvalue weighted by atomic mass is 10.3. The van der Waals surface area contributed by atoms with Crippen molar-refractivity contribution in [1.29, 1.82) is 0 Å². The summed E-state index contributed by atoms with van der Waals surface area (Å²) < 4.78 is 37.5. The Morgan fingerprint density at radius 2 is 2.21 bits per heavy atom. The molecule has 1 rings (SSSR count). The number of nitrogens with two attached hydrogens (primary N) is 1. The van der Waals surface area contributed by atoms with E-state index in [1.807, 2.05) is 0 Å². The maximum atomic E-state index is 12.1. The number of hydrogen-bond donors (Lipinski definition) is 1. The summed E-state index contributed by atoms with van der Waals surface area (Å²) in [6, 6.07) is -0.513. The first kappa shape index (κ1) is 11.0. The van der Waals surface area contributed by atoms with Crippen molar-refractivity contribution in [2.75, 3.05) is 0 Å². The van der Waals surface area contributed by atoms with Crippen molar-refractivity contribution >= 4 is 17.2 Å². The number of halogens is 3. The first-order valence-electron chi connectivity index (χ1n) is 3.73. The number of hydrogen-bond acceptors (Lipinski definition) is 2. The average Bonchev–Trinajstić information content (AvgIpc) is 2.49. The highest BCUT2D eigenvalue weighted by atomic mass is 32.1. The lowest BCUT2D eigenvalue weighted by molar-refractivity contribution is -0.137. The molecule has 0 bridgehead atoms. The summed E-state index contributed by atoms with van der Waals surface area (Å²) >= 11 is 4.64. The zero-order valence-corrected chi connectivity index (χ0v) is 8.06. The summed E-state index contributed by atoms with van der Waals surface area (Å²) in [5.41, 5.74) is 4.47. The van der Waals surface area contributed by atoms with Gasteiger partial charge in [-0.3, -0.25) is 4.68 Å². The lowest BCUT2D eigenvalue weighted by Gasteiger charge is -2.09. The minimum absolute atomic E-state index is 0.0989. The van der Waals surface area contributed by atoms with Gasteiger partial charge in [-0.2, -0.15) is 18.3 Å². The van der Waals surface area contributed by atoms with Gasteiger partial charge in [-0.05, 0) is 6.92 Å². The predicted molar refractivity (Wildman–Crippen MR) is 48.7 cm³/mol. The molecule has 1 aromatic rings. The molecule has 0 fully saturated rings. The molecule has 0 saturated heterocycles.